The summed E-state index contributed by atoms with van der Waals surface area (Å²) >= 11 is 0. The number of aromatic nitrogens is 3. The van der Waals surface area contributed by atoms with Crippen molar-refractivity contribution in [2.45, 2.75) is 31.1 Å². The molecule has 0 aromatic carbocycles. The van der Waals surface area contributed by atoms with E-state index in [9.17, 15) is 9.59 Å². The zero-order valence-electron chi connectivity index (χ0n) is 17.2. The Hall–Kier alpha value is -3.13. The Balaban J connectivity index is 1.18. The maximum atomic E-state index is 13.4. The van der Waals surface area contributed by atoms with Gasteiger partial charge < -0.3 is 14.5 Å². The lowest BCUT2D eigenvalue weighted by Crippen LogP contribution is -2.54. The van der Waals surface area contributed by atoms with E-state index in [1.54, 1.807) is 23.5 Å². The van der Waals surface area contributed by atoms with Gasteiger partial charge in [0.1, 0.15) is 5.60 Å². The van der Waals surface area contributed by atoms with Crippen molar-refractivity contribution >= 4 is 11.8 Å². The zero-order chi connectivity index (χ0) is 21.2. The molecule has 2 amide bonds. The Morgan fingerprint density at radius 2 is 2.13 bits per heavy atom. The van der Waals surface area contributed by atoms with Crippen LogP contribution < -0.4 is 0 Å². The number of aryl methyl sites for hydroxylation is 1. The number of hydrogen-bond acceptors (Lipinski definition) is 6. The van der Waals surface area contributed by atoms with Gasteiger partial charge in [0, 0.05) is 37.6 Å². The molecule has 0 saturated carbocycles. The molecule has 6 rings (SSSR count). The van der Waals surface area contributed by atoms with Gasteiger partial charge in [-0.1, -0.05) is 18.2 Å². The maximum Gasteiger partial charge on any atom is 0.230 e. The van der Waals surface area contributed by atoms with Crippen LogP contribution in [0.2, 0.25) is 0 Å². The fraction of sp³-hybridized carbons (Fsp3) is 0.435. The van der Waals surface area contributed by atoms with Gasteiger partial charge in [-0.3, -0.25) is 24.5 Å². The van der Waals surface area contributed by atoms with Crippen molar-refractivity contribution in [1.82, 2.24) is 24.8 Å². The third-order valence-electron chi connectivity index (χ3n) is 7.00. The van der Waals surface area contributed by atoms with Gasteiger partial charge in [-0.25, -0.2) is 0 Å². The smallest absolute Gasteiger partial charge is 0.230 e. The molecule has 2 aromatic rings. The lowest BCUT2D eigenvalue weighted by Gasteiger charge is -2.42. The zero-order valence-corrected chi connectivity index (χ0v) is 17.2. The molecule has 0 N–H and O–H groups in total. The summed E-state index contributed by atoms with van der Waals surface area (Å²) in [5.74, 6) is -0.631. The van der Waals surface area contributed by atoms with Crippen molar-refractivity contribution in [3.8, 4) is 0 Å². The van der Waals surface area contributed by atoms with E-state index in [0.29, 0.717) is 32.1 Å². The van der Waals surface area contributed by atoms with E-state index >= 15 is 0 Å². The number of fused-ring (bicyclic) bond motifs is 1. The van der Waals surface area contributed by atoms with Crippen LogP contribution in [0.4, 0.5) is 0 Å². The minimum Gasteiger partial charge on any atom is -0.360 e. The van der Waals surface area contributed by atoms with Crippen molar-refractivity contribution in [3.05, 3.63) is 66.0 Å². The number of carbonyl (C=O) groups excluding carboxylic acids is 2. The summed E-state index contributed by atoms with van der Waals surface area (Å²) in [5, 5.41) is 0. The lowest BCUT2D eigenvalue weighted by molar-refractivity contribution is -0.146. The van der Waals surface area contributed by atoms with E-state index in [0.717, 1.165) is 17.0 Å². The molecule has 4 aliphatic heterocycles. The number of hydrogen-bond donors (Lipinski definition) is 0. The quantitative estimate of drug-likeness (QED) is 0.692. The molecular formula is C23H23N5O3. The number of ether oxygens (including phenoxy) is 1. The fourth-order valence-electron chi connectivity index (χ4n) is 5.39. The molecule has 4 atom stereocenters. The predicted molar refractivity (Wildman–Crippen MR) is 109 cm³/mol. The van der Waals surface area contributed by atoms with Gasteiger partial charge in [0.25, 0.3) is 0 Å². The highest BCUT2D eigenvalue weighted by atomic mass is 16.5. The van der Waals surface area contributed by atoms with Crippen molar-refractivity contribution < 1.29 is 14.3 Å². The van der Waals surface area contributed by atoms with Crippen LogP contribution in [0.15, 0.2) is 49.1 Å². The van der Waals surface area contributed by atoms with Gasteiger partial charge in [0.05, 0.1) is 48.6 Å². The molecule has 158 valence electrons. The van der Waals surface area contributed by atoms with Gasteiger partial charge in [-0.15, -0.1) is 0 Å². The first kappa shape index (κ1) is 18.6. The summed E-state index contributed by atoms with van der Waals surface area (Å²) < 4.78 is 6.24. The molecule has 0 radical (unpaired) electrons. The normalized spacial score (nSPS) is 31.3. The van der Waals surface area contributed by atoms with E-state index < -0.39 is 17.4 Å². The Morgan fingerprint density at radius 3 is 2.87 bits per heavy atom. The first-order valence-electron chi connectivity index (χ1n) is 10.7. The molecular weight excluding hydrogens is 394 g/mol. The molecule has 31 heavy (non-hydrogen) atoms. The fourth-order valence-corrected chi connectivity index (χ4v) is 5.39. The van der Waals surface area contributed by atoms with Crippen LogP contribution in [0.5, 0.6) is 0 Å². The first-order chi connectivity index (χ1) is 15.0. The molecule has 4 aliphatic rings. The highest BCUT2D eigenvalue weighted by molar-refractivity contribution is 5.93. The minimum atomic E-state index is -0.701. The Bertz CT molecular complexity index is 1070. The van der Waals surface area contributed by atoms with Crippen molar-refractivity contribution in [2.24, 2.45) is 11.8 Å². The molecule has 0 aliphatic carbocycles. The molecule has 6 heterocycles. The summed E-state index contributed by atoms with van der Waals surface area (Å²) in [6.45, 7) is 4.02. The summed E-state index contributed by atoms with van der Waals surface area (Å²) in [6, 6.07) is 3.96. The van der Waals surface area contributed by atoms with Gasteiger partial charge >= 0.3 is 0 Å². The van der Waals surface area contributed by atoms with Gasteiger partial charge in [0.2, 0.25) is 11.8 Å². The molecule has 2 aromatic heterocycles. The monoisotopic (exact) mass is 417 g/mol. The third kappa shape index (κ3) is 2.81. The average molecular weight is 417 g/mol. The predicted octanol–water partition coefficient (Wildman–Crippen LogP) is 1.09. The molecule has 3 saturated heterocycles. The Morgan fingerprint density at radius 1 is 1.26 bits per heavy atom. The number of pyridine rings is 1. The second-order valence-electron chi connectivity index (χ2n) is 8.97. The van der Waals surface area contributed by atoms with Crippen LogP contribution in [-0.2, 0) is 20.9 Å². The summed E-state index contributed by atoms with van der Waals surface area (Å²) in [7, 11) is 0. The Labute approximate surface area is 179 Å². The van der Waals surface area contributed by atoms with Crippen LogP contribution in [0.25, 0.3) is 0 Å². The SMILES string of the molecule is Cc1cnc(CN2C[C@]34C=C[C@H](O3)C(C(=O)N3CC(c5cccnc5)C3)C4C2=O)cn1. The van der Waals surface area contributed by atoms with Crippen LogP contribution in [0.3, 0.4) is 0 Å². The molecule has 2 unspecified atom stereocenters. The van der Waals surface area contributed by atoms with Crippen molar-refractivity contribution in [2.75, 3.05) is 19.6 Å². The second-order valence-corrected chi connectivity index (χ2v) is 8.97. The highest BCUT2D eigenvalue weighted by Gasteiger charge is 2.67. The molecule has 3 fully saturated rings. The van der Waals surface area contributed by atoms with Crippen molar-refractivity contribution in [3.63, 3.8) is 0 Å². The summed E-state index contributed by atoms with van der Waals surface area (Å²) in [5.41, 5.74) is 2.02. The molecule has 8 nitrogen and oxygen atoms in total. The first-order valence-corrected chi connectivity index (χ1v) is 10.7. The topological polar surface area (TPSA) is 88.5 Å². The van der Waals surface area contributed by atoms with Gasteiger partial charge in [0.15, 0.2) is 0 Å². The Kier molecular flexibility index (Phi) is 4.02. The van der Waals surface area contributed by atoms with Crippen molar-refractivity contribution in [1.29, 1.82) is 0 Å². The average Bonchev–Trinajstić information content (AvgIpc) is 3.38. The number of likely N-dealkylation sites (tertiary alicyclic amines) is 2. The summed E-state index contributed by atoms with van der Waals surface area (Å²) in [6.07, 6.45) is 10.6. The van der Waals surface area contributed by atoms with Crippen LogP contribution >= 0.6 is 0 Å². The molecule has 2 bridgehead atoms. The number of rotatable bonds is 4. The van der Waals surface area contributed by atoms with E-state index in [-0.39, 0.29) is 17.9 Å². The van der Waals surface area contributed by atoms with E-state index in [2.05, 4.69) is 15.0 Å². The van der Waals surface area contributed by atoms with Crippen LogP contribution in [0, 0.1) is 18.8 Å². The van der Waals surface area contributed by atoms with E-state index in [4.69, 9.17) is 4.74 Å². The number of carbonyl (C=O) groups is 2. The number of amides is 2. The largest absolute Gasteiger partial charge is 0.360 e. The minimum absolute atomic E-state index is 0.0201. The second kappa shape index (κ2) is 6.68. The molecule has 8 heteroatoms. The highest BCUT2D eigenvalue weighted by Crippen LogP contribution is 2.53. The van der Waals surface area contributed by atoms with Crippen LogP contribution in [-0.4, -0.2) is 67.9 Å². The lowest BCUT2D eigenvalue weighted by atomic mass is 9.75. The standard InChI is InChI=1S/C23H23N5O3/c1-14-7-26-17(9-25-14)12-28-13-23-5-4-18(31-23)19(20(23)22(28)30)21(29)27-10-16(11-27)15-3-2-6-24-8-15/h2-9,16,18-20H,10-13H2,1H3/t18-,19?,20?,23-/m0/s1. The summed E-state index contributed by atoms with van der Waals surface area (Å²) in [4.78, 5) is 43.2. The maximum absolute atomic E-state index is 13.4. The van der Waals surface area contributed by atoms with Gasteiger partial charge in [-0.2, -0.15) is 0 Å². The van der Waals surface area contributed by atoms with Crippen LogP contribution in [0.1, 0.15) is 22.9 Å². The third-order valence-corrected chi connectivity index (χ3v) is 7.00. The molecule has 1 spiro atoms. The van der Waals surface area contributed by atoms with Gasteiger partial charge in [-0.05, 0) is 18.6 Å². The number of nitrogens with zero attached hydrogens (tertiary/aromatic N) is 5. The van der Waals surface area contributed by atoms with E-state index in [1.165, 1.54) is 0 Å². The van der Waals surface area contributed by atoms with E-state index in [1.807, 2.05) is 42.3 Å².